The van der Waals surface area contributed by atoms with Crippen LogP contribution >= 0.6 is 0 Å². The molecule has 1 amide bonds. The topological polar surface area (TPSA) is 77.1 Å². The SMILES string of the molecule is CCOC(=O)CCCCCOCc1ccccc1NC(=O)c1ccccc1COc1ccc(CN(C)C)cc1. The van der Waals surface area contributed by atoms with Crippen molar-refractivity contribution in [2.75, 3.05) is 32.6 Å². The van der Waals surface area contributed by atoms with E-state index in [1.54, 1.807) is 0 Å². The fourth-order valence-electron chi connectivity index (χ4n) is 4.11. The molecule has 0 unspecified atom stereocenters. The molecular weight excluding hydrogens is 492 g/mol. The summed E-state index contributed by atoms with van der Waals surface area (Å²) in [5, 5.41) is 3.05. The molecule has 3 rings (SSSR count). The normalized spacial score (nSPS) is 10.9. The molecule has 0 heterocycles. The smallest absolute Gasteiger partial charge is 0.305 e. The van der Waals surface area contributed by atoms with E-state index in [0.29, 0.717) is 31.8 Å². The second kappa shape index (κ2) is 16.3. The maximum Gasteiger partial charge on any atom is 0.305 e. The van der Waals surface area contributed by atoms with Crippen LogP contribution < -0.4 is 10.1 Å². The van der Waals surface area contributed by atoms with Crippen LogP contribution in [0.4, 0.5) is 5.69 Å². The summed E-state index contributed by atoms with van der Waals surface area (Å²) in [6.07, 6.45) is 2.99. The van der Waals surface area contributed by atoms with E-state index in [1.807, 2.05) is 81.7 Å². The van der Waals surface area contributed by atoms with Crippen LogP contribution in [-0.4, -0.2) is 44.1 Å². The highest BCUT2D eigenvalue weighted by Gasteiger charge is 2.14. The van der Waals surface area contributed by atoms with Crippen LogP contribution in [-0.2, 0) is 34.0 Å². The molecule has 0 spiro atoms. The number of ether oxygens (including phenoxy) is 3. The number of esters is 1. The van der Waals surface area contributed by atoms with Crippen molar-refractivity contribution in [2.24, 2.45) is 0 Å². The fourth-order valence-corrected chi connectivity index (χ4v) is 4.11. The molecule has 0 aliphatic heterocycles. The van der Waals surface area contributed by atoms with Gasteiger partial charge in [-0.3, -0.25) is 9.59 Å². The number of unbranched alkanes of at least 4 members (excludes halogenated alkanes) is 2. The van der Waals surface area contributed by atoms with E-state index < -0.39 is 0 Å². The highest BCUT2D eigenvalue weighted by molar-refractivity contribution is 6.05. The van der Waals surface area contributed by atoms with Crippen molar-refractivity contribution in [2.45, 2.75) is 52.4 Å². The number of nitrogens with zero attached hydrogens (tertiary/aromatic N) is 1. The summed E-state index contributed by atoms with van der Waals surface area (Å²) in [7, 11) is 4.08. The number of carbonyl (C=O) groups excluding carboxylic acids is 2. The number of anilines is 1. The molecule has 7 nitrogen and oxygen atoms in total. The number of para-hydroxylation sites is 1. The first-order valence-corrected chi connectivity index (χ1v) is 13.5. The quantitative estimate of drug-likeness (QED) is 0.174. The van der Waals surface area contributed by atoms with Gasteiger partial charge >= 0.3 is 5.97 Å². The second-order valence-electron chi connectivity index (χ2n) is 9.61. The molecule has 39 heavy (non-hydrogen) atoms. The van der Waals surface area contributed by atoms with Crippen LogP contribution in [0.15, 0.2) is 72.8 Å². The van der Waals surface area contributed by atoms with Gasteiger partial charge in [0.15, 0.2) is 0 Å². The third-order valence-electron chi connectivity index (χ3n) is 6.08. The molecule has 0 saturated heterocycles. The van der Waals surface area contributed by atoms with Gasteiger partial charge in [-0.1, -0.05) is 55.0 Å². The zero-order valence-corrected chi connectivity index (χ0v) is 23.3. The fraction of sp³-hybridized carbons (Fsp3) is 0.375. The Hall–Kier alpha value is -3.68. The van der Waals surface area contributed by atoms with Crippen molar-refractivity contribution in [3.63, 3.8) is 0 Å². The second-order valence-corrected chi connectivity index (χ2v) is 9.61. The molecular formula is C32H40N2O5. The van der Waals surface area contributed by atoms with E-state index in [2.05, 4.69) is 22.3 Å². The summed E-state index contributed by atoms with van der Waals surface area (Å²) in [6, 6.07) is 23.1. The van der Waals surface area contributed by atoms with Gasteiger partial charge in [0.05, 0.1) is 13.2 Å². The van der Waals surface area contributed by atoms with E-state index in [-0.39, 0.29) is 18.5 Å². The van der Waals surface area contributed by atoms with E-state index in [9.17, 15) is 9.59 Å². The highest BCUT2D eigenvalue weighted by atomic mass is 16.5. The molecule has 208 valence electrons. The number of nitrogens with one attached hydrogen (secondary N) is 1. The van der Waals surface area contributed by atoms with E-state index in [0.717, 1.165) is 48.4 Å². The number of rotatable bonds is 16. The lowest BCUT2D eigenvalue weighted by Crippen LogP contribution is -2.16. The molecule has 0 radical (unpaired) electrons. The van der Waals surface area contributed by atoms with Crippen molar-refractivity contribution in [3.05, 3.63) is 95.1 Å². The van der Waals surface area contributed by atoms with Gasteiger partial charge in [-0.2, -0.15) is 0 Å². The molecule has 7 heteroatoms. The molecule has 0 fully saturated rings. The summed E-state index contributed by atoms with van der Waals surface area (Å²) in [5.41, 5.74) is 4.22. The van der Waals surface area contributed by atoms with Gasteiger partial charge in [-0.15, -0.1) is 0 Å². The Balaban J connectivity index is 1.51. The van der Waals surface area contributed by atoms with Crippen LogP contribution in [0.3, 0.4) is 0 Å². The Morgan fingerprint density at radius 2 is 1.54 bits per heavy atom. The summed E-state index contributed by atoms with van der Waals surface area (Å²) in [6.45, 7) is 4.37. The van der Waals surface area contributed by atoms with Crippen LogP contribution in [0.25, 0.3) is 0 Å². The van der Waals surface area contributed by atoms with Crippen molar-refractivity contribution in [1.29, 1.82) is 0 Å². The molecule has 0 atom stereocenters. The number of hydrogen-bond donors (Lipinski definition) is 1. The summed E-state index contributed by atoms with van der Waals surface area (Å²) in [4.78, 5) is 26.8. The maximum atomic E-state index is 13.2. The minimum Gasteiger partial charge on any atom is -0.489 e. The average Bonchev–Trinajstić information content (AvgIpc) is 2.93. The number of benzene rings is 3. The lowest BCUT2D eigenvalue weighted by atomic mass is 10.1. The van der Waals surface area contributed by atoms with Gasteiger partial charge in [0.2, 0.25) is 0 Å². The molecule has 0 aliphatic rings. The van der Waals surface area contributed by atoms with Crippen molar-refractivity contribution in [3.8, 4) is 5.75 Å². The van der Waals surface area contributed by atoms with Gasteiger partial charge in [-0.05, 0) is 63.7 Å². The summed E-state index contributed by atoms with van der Waals surface area (Å²) < 4.78 is 16.8. The third-order valence-corrected chi connectivity index (χ3v) is 6.08. The lowest BCUT2D eigenvalue weighted by molar-refractivity contribution is -0.143. The Labute approximate surface area is 232 Å². The van der Waals surface area contributed by atoms with Gasteiger partial charge in [0.25, 0.3) is 5.91 Å². The summed E-state index contributed by atoms with van der Waals surface area (Å²) in [5.74, 6) is 0.420. The predicted molar refractivity (Wildman–Crippen MR) is 154 cm³/mol. The molecule has 0 bridgehead atoms. The molecule has 3 aromatic carbocycles. The zero-order valence-electron chi connectivity index (χ0n) is 23.3. The monoisotopic (exact) mass is 532 g/mol. The molecule has 0 aromatic heterocycles. The average molecular weight is 533 g/mol. The van der Waals surface area contributed by atoms with E-state index in [4.69, 9.17) is 14.2 Å². The van der Waals surface area contributed by atoms with Crippen LogP contribution in [0.5, 0.6) is 5.75 Å². The number of carbonyl (C=O) groups is 2. The first-order chi connectivity index (χ1) is 19.0. The van der Waals surface area contributed by atoms with Crippen LogP contribution in [0.1, 0.15) is 59.7 Å². The van der Waals surface area contributed by atoms with Crippen molar-refractivity contribution >= 4 is 17.6 Å². The molecule has 0 saturated carbocycles. The Kier molecular flexibility index (Phi) is 12.5. The van der Waals surface area contributed by atoms with Crippen LogP contribution in [0.2, 0.25) is 0 Å². The molecule has 0 aliphatic carbocycles. The van der Waals surface area contributed by atoms with Gasteiger partial charge in [0.1, 0.15) is 12.4 Å². The highest BCUT2D eigenvalue weighted by Crippen LogP contribution is 2.21. The maximum absolute atomic E-state index is 13.2. The largest absolute Gasteiger partial charge is 0.489 e. The predicted octanol–water partition coefficient (Wildman–Crippen LogP) is 6.22. The number of amides is 1. The minimum absolute atomic E-state index is 0.148. The van der Waals surface area contributed by atoms with Crippen LogP contribution in [0, 0.1) is 0 Å². The first kappa shape index (κ1) is 29.9. The first-order valence-electron chi connectivity index (χ1n) is 13.5. The summed E-state index contributed by atoms with van der Waals surface area (Å²) >= 11 is 0. The Morgan fingerprint density at radius 3 is 2.28 bits per heavy atom. The van der Waals surface area contributed by atoms with Crippen molar-refractivity contribution < 1.29 is 23.8 Å². The Bertz CT molecular complexity index is 1180. The molecule has 1 N–H and O–H groups in total. The Morgan fingerprint density at radius 1 is 0.821 bits per heavy atom. The van der Waals surface area contributed by atoms with Gasteiger partial charge in [-0.25, -0.2) is 0 Å². The van der Waals surface area contributed by atoms with Gasteiger partial charge in [0, 0.05) is 42.0 Å². The van der Waals surface area contributed by atoms with Gasteiger partial charge < -0.3 is 24.4 Å². The zero-order chi connectivity index (χ0) is 27.9. The number of hydrogen-bond acceptors (Lipinski definition) is 6. The standard InChI is InChI=1S/C32H40N2O5/c1-4-38-31(35)16-6-5-11-21-37-23-27-13-8-10-15-30(27)33-32(36)29-14-9-7-12-26(29)24-39-28-19-17-25(18-20-28)22-34(2)3/h7-10,12-15,17-20H,4-6,11,16,21-24H2,1-3H3,(H,33,36). The van der Waals surface area contributed by atoms with Crippen molar-refractivity contribution in [1.82, 2.24) is 4.90 Å². The third kappa shape index (κ3) is 10.5. The lowest BCUT2D eigenvalue weighted by Gasteiger charge is -2.14. The molecule has 3 aromatic rings. The minimum atomic E-state index is -0.193. The van der Waals surface area contributed by atoms with E-state index >= 15 is 0 Å². The van der Waals surface area contributed by atoms with E-state index in [1.165, 1.54) is 5.56 Å².